The van der Waals surface area contributed by atoms with Crippen LogP contribution in [0, 0.1) is 0 Å². The van der Waals surface area contributed by atoms with E-state index in [1.54, 1.807) is 0 Å². The van der Waals surface area contributed by atoms with Crippen LogP contribution < -0.4 is 4.89 Å². The van der Waals surface area contributed by atoms with Gasteiger partial charge in [-0.1, -0.05) is 17.7 Å². The van der Waals surface area contributed by atoms with Crippen molar-refractivity contribution in [3.63, 3.8) is 0 Å². The fraction of sp³-hybridized carbons (Fsp3) is 1.00. The van der Waals surface area contributed by atoms with Crippen molar-refractivity contribution < 1.29 is 26.4 Å². The van der Waals surface area contributed by atoms with Gasteiger partial charge in [-0.2, -0.15) is 25.9 Å². The zero-order chi connectivity index (χ0) is 12.9. The summed E-state index contributed by atoms with van der Waals surface area (Å²) in [7, 11) is -3.97. The second-order valence-corrected chi connectivity index (χ2v) is 5.44. The Morgan fingerprint density at radius 3 is 2.12 bits per heavy atom. The van der Waals surface area contributed by atoms with E-state index in [2.05, 4.69) is 4.84 Å². The topological polar surface area (TPSA) is 58.6 Å². The van der Waals surface area contributed by atoms with Gasteiger partial charge in [0.1, 0.15) is 0 Å². The standard InChI is InChI=1S/C8H15F3N2O3S/c9-8(10,11)7-16-12-17(14,15)13-5-3-1-2-4-6-13/h12H,1-7H2. The summed E-state index contributed by atoms with van der Waals surface area (Å²) in [6.45, 7) is -1.02. The quantitative estimate of drug-likeness (QED) is 0.785. The molecular weight excluding hydrogens is 261 g/mol. The Bertz CT molecular complexity index is 323. The average Bonchev–Trinajstić information content (AvgIpc) is 2.43. The van der Waals surface area contributed by atoms with Crippen LogP contribution >= 0.6 is 0 Å². The van der Waals surface area contributed by atoms with Crippen molar-refractivity contribution in [2.45, 2.75) is 31.9 Å². The molecule has 0 unspecified atom stereocenters. The van der Waals surface area contributed by atoms with Gasteiger partial charge in [-0.15, -0.1) is 0 Å². The summed E-state index contributed by atoms with van der Waals surface area (Å²) < 4.78 is 59.5. The fourth-order valence-corrected chi connectivity index (χ4v) is 2.57. The zero-order valence-corrected chi connectivity index (χ0v) is 9.98. The van der Waals surface area contributed by atoms with E-state index in [-0.39, 0.29) is 0 Å². The molecule has 0 atom stereocenters. The molecule has 0 radical (unpaired) electrons. The summed E-state index contributed by atoms with van der Waals surface area (Å²) in [5.74, 6) is 0. The third-order valence-electron chi connectivity index (χ3n) is 2.31. The van der Waals surface area contributed by atoms with E-state index in [1.165, 1.54) is 4.89 Å². The first kappa shape index (κ1) is 14.7. The predicted molar refractivity (Wildman–Crippen MR) is 54.1 cm³/mol. The van der Waals surface area contributed by atoms with E-state index in [9.17, 15) is 21.6 Å². The van der Waals surface area contributed by atoms with Crippen LogP contribution in [0.15, 0.2) is 0 Å². The monoisotopic (exact) mass is 276 g/mol. The van der Waals surface area contributed by atoms with Crippen LogP contribution in [-0.4, -0.2) is 38.6 Å². The number of hydrogen-bond acceptors (Lipinski definition) is 3. The molecular formula is C8H15F3N2O3S. The van der Waals surface area contributed by atoms with Crippen molar-refractivity contribution in [2.24, 2.45) is 0 Å². The molecule has 0 aromatic rings. The third-order valence-corrected chi connectivity index (χ3v) is 3.68. The smallest absolute Gasteiger partial charge is 0.276 e. The average molecular weight is 276 g/mol. The van der Waals surface area contributed by atoms with E-state index in [1.807, 2.05) is 0 Å². The maximum Gasteiger partial charge on any atom is 0.413 e. The van der Waals surface area contributed by atoms with Gasteiger partial charge in [0.2, 0.25) is 0 Å². The first-order chi connectivity index (χ1) is 7.81. The number of rotatable bonds is 4. The molecule has 0 saturated carbocycles. The van der Waals surface area contributed by atoms with Crippen LogP contribution in [0.4, 0.5) is 13.2 Å². The molecule has 1 heterocycles. The normalized spacial score (nSPS) is 20.2. The molecule has 0 aromatic heterocycles. The molecule has 102 valence electrons. The van der Waals surface area contributed by atoms with Gasteiger partial charge in [0.25, 0.3) is 0 Å². The van der Waals surface area contributed by atoms with Crippen LogP contribution in [0.1, 0.15) is 25.7 Å². The van der Waals surface area contributed by atoms with Gasteiger partial charge in [-0.05, 0) is 12.8 Å². The molecule has 1 aliphatic heterocycles. The Kier molecular flexibility index (Phi) is 5.17. The second-order valence-electron chi connectivity index (χ2n) is 3.81. The van der Waals surface area contributed by atoms with Crippen molar-refractivity contribution in [3.05, 3.63) is 0 Å². The van der Waals surface area contributed by atoms with Gasteiger partial charge < -0.3 is 0 Å². The molecule has 0 aliphatic carbocycles. The number of nitrogens with zero attached hydrogens (tertiary/aromatic N) is 1. The lowest BCUT2D eigenvalue weighted by atomic mass is 10.2. The molecule has 1 fully saturated rings. The van der Waals surface area contributed by atoms with Crippen molar-refractivity contribution in [1.82, 2.24) is 9.19 Å². The minimum Gasteiger partial charge on any atom is -0.276 e. The highest BCUT2D eigenvalue weighted by atomic mass is 32.2. The Balaban J connectivity index is 2.44. The number of alkyl halides is 3. The molecule has 1 N–H and O–H groups in total. The van der Waals surface area contributed by atoms with E-state index in [4.69, 9.17) is 0 Å². The predicted octanol–water partition coefficient (Wildman–Crippen LogP) is 1.19. The highest BCUT2D eigenvalue weighted by Crippen LogP contribution is 2.15. The maximum atomic E-state index is 11.8. The summed E-state index contributed by atoms with van der Waals surface area (Å²) in [6, 6.07) is 0. The highest BCUT2D eigenvalue weighted by Gasteiger charge is 2.30. The number of nitrogens with one attached hydrogen (secondary N) is 1. The zero-order valence-electron chi connectivity index (χ0n) is 9.16. The van der Waals surface area contributed by atoms with Crippen LogP contribution in [0.5, 0.6) is 0 Å². The largest absolute Gasteiger partial charge is 0.413 e. The summed E-state index contributed by atoms with van der Waals surface area (Å²) >= 11 is 0. The minimum absolute atomic E-state index is 0.310. The molecule has 5 nitrogen and oxygen atoms in total. The van der Waals surface area contributed by atoms with Gasteiger partial charge in [0.05, 0.1) is 0 Å². The van der Waals surface area contributed by atoms with Crippen molar-refractivity contribution in [3.8, 4) is 0 Å². The highest BCUT2D eigenvalue weighted by molar-refractivity contribution is 7.87. The third kappa shape index (κ3) is 5.66. The maximum absolute atomic E-state index is 11.8. The molecule has 0 bridgehead atoms. The molecule has 1 rings (SSSR count). The van der Waals surface area contributed by atoms with Crippen LogP contribution in [-0.2, 0) is 15.0 Å². The molecule has 17 heavy (non-hydrogen) atoms. The Hall–Kier alpha value is -0.380. The van der Waals surface area contributed by atoms with Crippen LogP contribution in [0.2, 0.25) is 0 Å². The van der Waals surface area contributed by atoms with Crippen molar-refractivity contribution in [2.75, 3.05) is 19.7 Å². The molecule has 1 saturated heterocycles. The van der Waals surface area contributed by atoms with E-state index < -0.39 is 23.0 Å². The van der Waals surface area contributed by atoms with Crippen molar-refractivity contribution >= 4 is 10.2 Å². The fourth-order valence-electron chi connectivity index (χ4n) is 1.52. The summed E-state index contributed by atoms with van der Waals surface area (Å²) in [5, 5.41) is 0. The van der Waals surface area contributed by atoms with E-state index in [0.29, 0.717) is 25.9 Å². The number of hydrogen-bond donors (Lipinski definition) is 1. The number of halogens is 3. The lowest BCUT2D eigenvalue weighted by Gasteiger charge is -2.19. The van der Waals surface area contributed by atoms with Crippen LogP contribution in [0.25, 0.3) is 0 Å². The van der Waals surface area contributed by atoms with E-state index in [0.717, 1.165) is 17.1 Å². The second kappa shape index (κ2) is 5.98. The first-order valence-electron chi connectivity index (χ1n) is 5.27. The van der Waals surface area contributed by atoms with Gasteiger partial charge in [-0.25, -0.2) is 0 Å². The molecule has 0 aromatic carbocycles. The van der Waals surface area contributed by atoms with E-state index >= 15 is 0 Å². The molecule has 0 spiro atoms. The molecule has 0 amide bonds. The van der Waals surface area contributed by atoms with Gasteiger partial charge in [-0.3, -0.25) is 4.84 Å². The summed E-state index contributed by atoms with van der Waals surface area (Å²) in [4.78, 5) is 5.44. The summed E-state index contributed by atoms with van der Waals surface area (Å²) in [5.41, 5.74) is 0. The minimum atomic E-state index is -4.55. The Labute approximate surface area is 98.1 Å². The summed E-state index contributed by atoms with van der Waals surface area (Å²) in [6.07, 6.45) is -1.29. The molecule has 1 aliphatic rings. The lowest BCUT2D eigenvalue weighted by Crippen LogP contribution is -2.42. The lowest BCUT2D eigenvalue weighted by molar-refractivity contribution is -0.181. The first-order valence-corrected chi connectivity index (χ1v) is 6.71. The van der Waals surface area contributed by atoms with Gasteiger partial charge in [0.15, 0.2) is 6.61 Å². The SMILES string of the molecule is O=S(=O)(NOCC(F)(F)F)N1CCCCCC1. The Morgan fingerprint density at radius 1 is 1.12 bits per heavy atom. The van der Waals surface area contributed by atoms with Crippen LogP contribution in [0.3, 0.4) is 0 Å². The van der Waals surface area contributed by atoms with Gasteiger partial charge >= 0.3 is 16.4 Å². The Morgan fingerprint density at radius 2 is 1.65 bits per heavy atom. The van der Waals surface area contributed by atoms with Gasteiger partial charge in [0, 0.05) is 13.1 Å². The van der Waals surface area contributed by atoms with Crippen molar-refractivity contribution in [1.29, 1.82) is 0 Å². The molecule has 9 heteroatoms.